The number of H-pyrrole nitrogens is 2. The molecular weight excluding hydrogens is 1300 g/mol. The Morgan fingerprint density at radius 2 is 0.916 bits per heavy atom. The van der Waals surface area contributed by atoms with E-state index in [0.717, 1.165) is 49.5 Å². The Balaban J connectivity index is 0.000000189. The molecule has 6 aromatic carbocycles. The van der Waals surface area contributed by atoms with Crippen LogP contribution in [0.1, 0.15) is 79.8 Å². The van der Waals surface area contributed by atoms with Gasteiger partial charge in [0, 0.05) is 101 Å². The van der Waals surface area contributed by atoms with Crippen molar-refractivity contribution in [2.75, 3.05) is 55.5 Å². The molecule has 10 rings (SSSR count). The maximum atomic E-state index is 12.5. The number of aromatic amines is 2. The van der Waals surface area contributed by atoms with Gasteiger partial charge < -0.3 is 39.5 Å². The van der Waals surface area contributed by atoms with Crippen LogP contribution in [0, 0.1) is 0 Å². The fourth-order valence-electron chi connectivity index (χ4n) is 8.84. The van der Waals surface area contributed by atoms with Crippen molar-refractivity contribution >= 4 is 65.6 Å². The monoisotopic (exact) mass is 1370 g/mol. The number of aromatic nitrogens is 10. The number of nitrogens with zero attached hydrogens (tertiary/aromatic N) is 11. The third kappa shape index (κ3) is 19.7. The van der Waals surface area contributed by atoms with E-state index in [9.17, 15) is 33.6 Å². The second-order valence-corrected chi connectivity index (χ2v) is 29.3. The molecule has 0 bridgehead atoms. The van der Waals surface area contributed by atoms with Gasteiger partial charge in [0.15, 0.2) is 23.8 Å². The van der Waals surface area contributed by atoms with Crippen molar-refractivity contribution < 1.29 is 58.4 Å². The summed E-state index contributed by atoms with van der Waals surface area (Å²) >= 11 is 3.31. The lowest BCUT2D eigenvalue weighted by Gasteiger charge is -2.14. The number of amides is 3. The predicted molar refractivity (Wildman–Crippen MR) is 362 cm³/mol. The van der Waals surface area contributed by atoms with Gasteiger partial charge in [0.1, 0.15) is 17.1 Å². The molecule has 0 aliphatic rings. The highest BCUT2D eigenvalue weighted by Gasteiger charge is 2.24. The third-order valence-corrected chi connectivity index (χ3v) is 16.0. The van der Waals surface area contributed by atoms with Crippen molar-refractivity contribution in [1.29, 1.82) is 0 Å². The fraction of sp³-hybridized carbons (Fsp3) is 0.206. The van der Waals surface area contributed by atoms with Crippen LogP contribution in [0.2, 0.25) is 25.7 Å². The number of hydrogen-bond acceptors (Lipinski definition) is 16. The molecule has 0 aliphatic heterocycles. The standard InChI is InChI=1S/C26H34N4O4Si.C17H15N5O3.C16H11N3O4.C9H10BrNO/c1-7-34-26(32)24-23(27-30(28-24)18-33-15-16-35(4,5)6)20-13-11-19(12-14-20)21-9-8-10-22(17-21)25(31)29(2)3;1-22(2)16(23)11-5-3-4-10(8-11)12-6-7-13(18-9-12)14-15(17(24)25)20-21-19-14;20-15(21)12-3-1-2-11(8-12)9-4-6-10(7-5-9)13-14(16(22)23)18-19-17-13;1-11(2)9(12)7-4-3-5-8(10)6-7/h8-14,17H,7,15-16,18H2,1-6H3;3-9H,1-2H3,(H,24,25)(H,19,20,21);1-8H,(H,20,21)(H,22,23)(H,17,18,19);3-6H,1-2H3. The maximum absolute atomic E-state index is 12.5. The number of esters is 1. The quantitative estimate of drug-likeness (QED) is 0.0285. The van der Waals surface area contributed by atoms with Gasteiger partial charge in [-0.1, -0.05) is 133 Å². The topological polar surface area (TPSA) is 335 Å². The normalized spacial score (nSPS) is 10.7. The molecular formula is C68H70BrN13O12Si. The molecule has 4 heterocycles. The molecule has 0 unspecified atom stereocenters. The van der Waals surface area contributed by atoms with Gasteiger partial charge in [-0.2, -0.15) is 30.5 Å². The minimum atomic E-state index is -1.20. The van der Waals surface area contributed by atoms with Gasteiger partial charge in [0.2, 0.25) is 0 Å². The first-order valence-electron chi connectivity index (χ1n) is 29.3. The van der Waals surface area contributed by atoms with E-state index >= 15 is 0 Å². The number of carboxylic acids is 3. The lowest BCUT2D eigenvalue weighted by molar-refractivity contribution is 0.0505. The molecule has 10 aromatic rings. The van der Waals surface area contributed by atoms with Crippen LogP contribution in [0.3, 0.4) is 0 Å². The molecule has 0 saturated heterocycles. The van der Waals surface area contributed by atoms with E-state index in [1.807, 2.05) is 66.7 Å². The highest BCUT2D eigenvalue weighted by atomic mass is 79.9. The Kier molecular flexibility index (Phi) is 24.7. The van der Waals surface area contributed by atoms with Gasteiger partial charge >= 0.3 is 23.9 Å². The van der Waals surface area contributed by atoms with Gasteiger partial charge in [-0.15, -0.1) is 15.3 Å². The van der Waals surface area contributed by atoms with Crippen LogP contribution in [0.5, 0.6) is 0 Å². The van der Waals surface area contributed by atoms with Crippen LogP contribution < -0.4 is 0 Å². The van der Waals surface area contributed by atoms with E-state index < -0.39 is 32.0 Å². The Morgan fingerprint density at radius 1 is 0.484 bits per heavy atom. The van der Waals surface area contributed by atoms with Crippen LogP contribution >= 0.6 is 15.9 Å². The second-order valence-electron chi connectivity index (χ2n) is 22.7. The summed E-state index contributed by atoms with van der Waals surface area (Å²) < 4.78 is 11.9. The first kappa shape index (κ1) is 71.3. The molecule has 0 saturated carbocycles. The summed E-state index contributed by atoms with van der Waals surface area (Å²) in [5.41, 5.74) is 9.65. The predicted octanol–water partition coefficient (Wildman–Crippen LogP) is 11.4. The van der Waals surface area contributed by atoms with E-state index in [-0.39, 0.29) is 65.1 Å². The summed E-state index contributed by atoms with van der Waals surface area (Å²) in [4.78, 5) is 91.8. The number of benzene rings is 6. The number of pyridine rings is 1. The van der Waals surface area contributed by atoms with Gasteiger partial charge in [0.25, 0.3) is 17.7 Å². The number of nitrogens with one attached hydrogen (secondary N) is 2. The average Bonchev–Trinajstić information content (AvgIpc) is 1.79. The van der Waals surface area contributed by atoms with Crippen LogP contribution in [-0.2, 0) is 16.2 Å². The Hall–Kier alpha value is -11.2. The Morgan fingerprint density at radius 3 is 1.37 bits per heavy atom. The lowest BCUT2D eigenvalue weighted by atomic mass is 10.00. The SMILES string of the molecule is CCOC(=O)c1nn(COCC[Si](C)(C)C)nc1-c1ccc(-c2cccc(C(=O)N(C)C)c2)cc1.CN(C)C(=O)c1cccc(-c2ccc(-c3n[nH]nc3C(=O)O)nc2)c1.CN(C)C(=O)c1cccc(Br)c1.O=C(O)c1cccc(-c2ccc(-c3n[nH]nc3C(=O)O)cc2)c1. The maximum Gasteiger partial charge on any atom is 0.361 e. The zero-order valence-electron chi connectivity index (χ0n) is 53.7. The molecule has 3 amide bonds. The number of rotatable bonds is 19. The zero-order chi connectivity index (χ0) is 69.1. The first-order chi connectivity index (χ1) is 45.2. The molecule has 95 heavy (non-hydrogen) atoms. The fourth-order valence-corrected chi connectivity index (χ4v) is 9.99. The van der Waals surface area contributed by atoms with E-state index in [0.29, 0.717) is 40.2 Å². The largest absolute Gasteiger partial charge is 0.478 e. The smallest absolute Gasteiger partial charge is 0.361 e. The van der Waals surface area contributed by atoms with Gasteiger partial charge in [0.05, 0.1) is 17.9 Å². The summed E-state index contributed by atoms with van der Waals surface area (Å²) in [6, 6.07) is 47.8. The molecule has 0 atom stereocenters. The number of hydrogen-bond donors (Lipinski definition) is 5. The molecule has 27 heteroatoms. The number of halogens is 1. The van der Waals surface area contributed by atoms with Gasteiger partial charge in [-0.3, -0.25) is 19.4 Å². The zero-order valence-corrected chi connectivity index (χ0v) is 56.3. The van der Waals surface area contributed by atoms with Crippen molar-refractivity contribution in [2.24, 2.45) is 0 Å². The summed E-state index contributed by atoms with van der Waals surface area (Å²) in [6.45, 7) is 9.68. The van der Waals surface area contributed by atoms with Gasteiger partial charge in [-0.05, 0) is 101 Å². The molecule has 5 N–H and O–H groups in total. The first-order valence-corrected chi connectivity index (χ1v) is 33.8. The molecule has 0 fully saturated rings. The summed E-state index contributed by atoms with van der Waals surface area (Å²) in [5.74, 6) is -3.95. The van der Waals surface area contributed by atoms with E-state index in [1.165, 1.54) is 15.8 Å². The molecule has 25 nitrogen and oxygen atoms in total. The molecule has 490 valence electrons. The minimum Gasteiger partial charge on any atom is -0.478 e. The van der Waals surface area contributed by atoms with Crippen molar-refractivity contribution in [2.45, 2.75) is 39.3 Å². The Bertz CT molecular complexity index is 4340. The van der Waals surface area contributed by atoms with Crippen molar-refractivity contribution in [3.05, 3.63) is 208 Å². The van der Waals surface area contributed by atoms with Crippen LogP contribution in [-0.4, -0.2) is 186 Å². The highest BCUT2D eigenvalue weighted by molar-refractivity contribution is 9.10. The van der Waals surface area contributed by atoms with Crippen molar-refractivity contribution in [3.63, 3.8) is 0 Å². The number of aromatic carboxylic acids is 3. The van der Waals surface area contributed by atoms with Crippen LogP contribution in [0.15, 0.2) is 168 Å². The second kappa shape index (κ2) is 32.9. The number of ether oxygens (including phenoxy) is 2. The average molecular weight is 1370 g/mol. The van der Waals surface area contributed by atoms with Crippen LogP contribution in [0.25, 0.3) is 67.3 Å². The molecule has 0 radical (unpaired) electrons. The Labute approximate surface area is 556 Å². The summed E-state index contributed by atoms with van der Waals surface area (Å²) in [7, 11) is 9.14. The number of carbonyl (C=O) groups is 7. The highest BCUT2D eigenvalue weighted by Crippen LogP contribution is 2.30. The molecule has 0 spiro atoms. The minimum absolute atomic E-state index is 0.0244. The van der Waals surface area contributed by atoms with Crippen molar-refractivity contribution in [3.8, 4) is 67.3 Å². The number of carboxylic acid groups (broad SMARTS) is 3. The van der Waals surface area contributed by atoms with Crippen LogP contribution in [0.4, 0.5) is 0 Å². The third-order valence-electron chi connectivity index (χ3n) is 13.8. The summed E-state index contributed by atoms with van der Waals surface area (Å²) in [6.07, 6.45) is 1.61. The van der Waals surface area contributed by atoms with Crippen molar-refractivity contribution in [1.82, 2.24) is 65.5 Å². The van der Waals surface area contributed by atoms with E-state index in [2.05, 4.69) is 81.6 Å². The molecule has 0 aliphatic carbocycles. The van der Waals surface area contributed by atoms with E-state index in [1.54, 1.807) is 150 Å². The lowest BCUT2D eigenvalue weighted by Crippen LogP contribution is -2.22. The van der Waals surface area contributed by atoms with Gasteiger partial charge in [-0.25, -0.2) is 19.2 Å². The molecule has 4 aromatic heterocycles. The number of carbonyl (C=O) groups excluding carboxylic acids is 4. The summed E-state index contributed by atoms with van der Waals surface area (Å²) in [5, 5.41) is 55.5. The van der Waals surface area contributed by atoms with E-state index in [4.69, 9.17) is 24.8 Å².